The second-order valence-corrected chi connectivity index (χ2v) is 23.2. The van der Waals surface area contributed by atoms with E-state index in [1.807, 2.05) is 0 Å². The van der Waals surface area contributed by atoms with Crippen molar-refractivity contribution in [3.05, 3.63) is 59.7 Å². The molecule has 0 atom stereocenters. The number of nitrogens with zero attached hydrogens (tertiary/aromatic N) is 8. The van der Waals surface area contributed by atoms with Gasteiger partial charge in [-0.05, 0) is 24.3 Å². The molecule has 6 rings (SSSR count). The van der Waals surface area contributed by atoms with Gasteiger partial charge < -0.3 is 60.6 Å². The van der Waals surface area contributed by atoms with Crippen molar-refractivity contribution in [1.29, 1.82) is 0 Å². The molecule has 0 bridgehead atoms. The molecule has 0 saturated carbocycles. The van der Waals surface area contributed by atoms with E-state index in [0.717, 1.165) is 0 Å². The second kappa shape index (κ2) is 32.0. The summed E-state index contributed by atoms with van der Waals surface area (Å²) in [5, 5.41) is 55.4. The number of benzene rings is 2. The zero-order valence-electron chi connectivity index (χ0n) is 38.3. The first-order valence-corrected chi connectivity index (χ1v) is 27.3. The summed E-state index contributed by atoms with van der Waals surface area (Å²) in [4.78, 5) is 63.2. The lowest BCUT2D eigenvalue weighted by Crippen LogP contribution is -2.12. The molecule has 26 N–H and O–H groups in total. The molecule has 0 saturated heterocycles. The van der Waals surface area contributed by atoms with Gasteiger partial charge >= 0.3 is 0 Å². The number of primary sulfonamides is 4. The molecule has 0 fully saturated rings. The van der Waals surface area contributed by atoms with Crippen molar-refractivity contribution >= 4 is 153 Å². The number of nitrogens with two attached hydrogens (primary N) is 8. The van der Waals surface area contributed by atoms with Crippen LogP contribution < -0.4 is 64.8 Å². The third-order valence-electron chi connectivity index (χ3n) is 6.18. The summed E-state index contributed by atoms with van der Waals surface area (Å²) in [6.45, 7) is 5.10. The van der Waals surface area contributed by atoms with Gasteiger partial charge in [0.05, 0.1) is 11.1 Å². The standard InChI is InChI=1S/2C7H8N2O.4C4H6N4O3S2.3H2O/c2*8-6-4-2-1-3-5(6)7(9)10;4*1-2(9)6-3-7-8-4(12-3)13(5,10)11;;;/h2*1-4H,8H2,(H2,9,10);4*1H3,(H2,5,10,11)(H,6,7,9);3*1H2. The molecule has 75 heavy (non-hydrogen) atoms. The maximum absolute atomic E-state index is 10.7. The van der Waals surface area contributed by atoms with Gasteiger partial charge in [-0.3, -0.25) is 28.8 Å². The Morgan fingerprint density at radius 3 is 0.693 bits per heavy atom. The molecule has 0 aliphatic rings. The molecule has 0 radical (unpaired) electrons. The average molecular weight is 1220 g/mol. The van der Waals surface area contributed by atoms with Gasteiger partial charge in [-0.25, -0.2) is 54.2 Å². The molecule has 45 heteroatoms. The summed E-state index contributed by atoms with van der Waals surface area (Å²) in [6, 6.07) is 13.4. The van der Waals surface area contributed by atoms with Gasteiger partial charge in [-0.2, -0.15) is 0 Å². The molecular formula is C30H46N20O17S8. The van der Waals surface area contributed by atoms with E-state index >= 15 is 0 Å². The molecule has 416 valence electrons. The summed E-state index contributed by atoms with van der Waals surface area (Å²) in [5.41, 5.74) is 22.4. The number of hydrogen-bond donors (Lipinski definition) is 12. The monoisotopic (exact) mass is 1210 g/mol. The van der Waals surface area contributed by atoms with E-state index in [1.165, 1.54) is 27.7 Å². The maximum atomic E-state index is 10.7. The predicted molar refractivity (Wildman–Crippen MR) is 272 cm³/mol. The molecule has 6 aromatic rings. The average Bonchev–Trinajstić information content (AvgIpc) is 4.07. The van der Waals surface area contributed by atoms with E-state index in [0.29, 0.717) is 67.8 Å². The first kappa shape index (κ1) is 71.9. The number of sulfonamides is 4. The fraction of sp³-hybridized carbons (Fsp3) is 0.133. The SMILES string of the molecule is CC(=O)Nc1nnc(S(N)(=O)=O)s1.CC(=O)Nc1nnc(S(N)(=O)=O)s1.CC(=O)Nc1nnc(S(N)(=O)=O)s1.CC(=O)Nc1nnc(S(N)(=O)=O)s1.NC(=O)c1ccccc1N.NC(=O)c1ccccc1N.O.O.O. The topological polar surface area (TPSA) is 693 Å². The van der Waals surface area contributed by atoms with E-state index in [4.69, 9.17) is 43.5 Å². The molecule has 0 spiro atoms. The van der Waals surface area contributed by atoms with Crippen LogP contribution in [0.2, 0.25) is 0 Å². The Bertz CT molecular complexity index is 2960. The largest absolute Gasteiger partial charge is 0.412 e. The van der Waals surface area contributed by atoms with Gasteiger partial charge in [0, 0.05) is 39.1 Å². The number of nitrogen functional groups attached to an aromatic ring is 2. The van der Waals surface area contributed by atoms with E-state index < -0.39 is 51.9 Å². The highest BCUT2D eigenvalue weighted by Crippen LogP contribution is 2.21. The Morgan fingerprint density at radius 1 is 0.387 bits per heavy atom. The minimum atomic E-state index is -3.82. The summed E-state index contributed by atoms with van der Waals surface area (Å²) < 4.78 is 84.3. The van der Waals surface area contributed by atoms with Crippen molar-refractivity contribution in [1.82, 2.24) is 40.8 Å². The lowest BCUT2D eigenvalue weighted by molar-refractivity contribution is -0.115. The van der Waals surface area contributed by atoms with Crippen LogP contribution in [0.5, 0.6) is 0 Å². The fourth-order valence-electron chi connectivity index (χ4n) is 3.55. The van der Waals surface area contributed by atoms with Crippen LogP contribution in [0.4, 0.5) is 31.9 Å². The molecule has 0 unspecified atom stereocenters. The van der Waals surface area contributed by atoms with Crippen LogP contribution in [0.1, 0.15) is 48.4 Å². The summed E-state index contributed by atoms with van der Waals surface area (Å²) in [5.74, 6) is -2.38. The highest BCUT2D eigenvalue weighted by Gasteiger charge is 2.18. The Kier molecular flexibility index (Phi) is 30.7. The van der Waals surface area contributed by atoms with Gasteiger partial charge in [0.1, 0.15) is 0 Å². The molecule has 6 amide bonds. The fourth-order valence-corrected chi connectivity index (χ4v) is 9.06. The lowest BCUT2D eigenvalue weighted by atomic mass is 10.2. The second-order valence-electron chi connectivity index (χ2n) is 12.3. The van der Waals surface area contributed by atoms with E-state index in [9.17, 15) is 62.4 Å². The van der Waals surface area contributed by atoms with Crippen molar-refractivity contribution in [2.45, 2.75) is 45.1 Å². The minimum absolute atomic E-state index is 0. The van der Waals surface area contributed by atoms with Gasteiger partial charge in [-0.1, -0.05) is 69.6 Å². The van der Waals surface area contributed by atoms with Crippen LogP contribution in [-0.2, 0) is 59.3 Å². The zero-order chi connectivity index (χ0) is 55.4. The van der Waals surface area contributed by atoms with E-state index in [2.05, 4.69) is 62.1 Å². The molecule has 0 aliphatic heterocycles. The van der Waals surface area contributed by atoms with Crippen LogP contribution in [0.3, 0.4) is 0 Å². The Morgan fingerprint density at radius 2 is 0.573 bits per heavy atom. The molecule has 37 nitrogen and oxygen atoms in total. The van der Waals surface area contributed by atoms with Crippen molar-refractivity contribution in [2.24, 2.45) is 32.0 Å². The van der Waals surface area contributed by atoms with Crippen LogP contribution in [0.15, 0.2) is 65.9 Å². The minimum Gasteiger partial charge on any atom is -0.412 e. The number of hydrogen-bond acceptors (Lipinski definition) is 28. The van der Waals surface area contributed by atoms with Crippen molar-refractivity contribution in [3.63, 3.8) is 0 Å². The predicted octanol–water partition coefficient (Wildman–Crippen LogP) is -5.16. The zero-order valence-corrected chi connectivity index (χ0v) is 44.8. The Labute approximate surface area is 439 Å². The quantitative estimate of drug-likeness (QED) is 0.0451. The number of carbonyl (C=O) groups excluding carboxylic acids is 6. The highest BCUT2D eigenvalue weighted by molar-refractivity contribution is 7.92. The number of primary amides is 2. The van der Waals surface area contributed by atoms with Crippen LogP contribution in [0, 0.1) is 0 Å². The third-order valence-corrected chi connectivity index (χ3v) is 14.8. The smallest absolute Gasteiger partial charge is 0.267 e. The Balaban J connectivity index is -0.000000825. The Hall–Kier alpha value is -7.38. The molecule has 0 aliphatic carbocycles. The van der Waals surface area contributed by atoms with Gasteiger partial charge in [0.15, 0.2) is 0 Å². The van der Waals surface area contributed by atoms with Gasteiger partial charge in [0.2, 0.25) is 61.5 Å². The molecule has 4 heterocycles. The van der Waals surface area contributed by atoms with Crippen molar-refractivity contribution < 1.29 is 78.9 Å². The van der Waals surface area contributed by atoms with Gasteiger partial charge in [-0.15, -0.1) is 40.8 Å². The van der Waals surface area contributed by atoms with Crippen LogP contribution >= 0.6 is 45.3 Å². The van der Waals surface area contributed by atoms with Crippen molar-refractivity contribution in [3.8, 4) is 0 Å². The van der Waals surface area contributed by atoms with Crippen LogP contribution in [0.25, 0.3) is 0 Å². The number of aromatic nitrogens is 8. The van der Waals surface area contributed by atoms with Crippen LogP contribution in [-0.4, -0.2) is 126 Å². The molecular weight excluding hydrogens is 1170 g/mol. The third kappa shape index (κ3) is 28.6. The lowest BCUT2D eigenvalue weighted by Gasteiger charge is -1.97. The number of anilines is 6. The summed E-state index contributed by atoms with van der Waals surface area (Å²) in [6.07, 6.45) is 0. The number of carbonyl (C=O) groups is 6. The normalized spacial score (nSPS) is 10.2. The number of nitrogens with one attached hydrogen (secondary N) is 4. The number of amides is 6. The highest BCUT2D eigenvalue weighted by atomic mass is 32.3. The number of para-hydroxylation sites is 2. The van der Waals surface area contributed by atoms with E-state index in [1.54, 1.807) is 48.5 Å². The first-order chi connectivity index (χ1) is 33.0. The maximum Gasteiger partial charge on any atom is 0.267 e. The molecule has 2 aromatic carbocycles. The van der Waals surface area contributed by atoms with E-state index in [-0.39, 0.29) is 77.9 Å². The first-order valence-electron chi connectivity index (χ1n) is 17.8. The number of rotatable bonds is 10. The van der Waals surface area contributed by atoms with Gasteiger partial charge in [0.25, 0.3) is 51.9 Å². The molecule has 4 aromatic heterocycles. The summed E-state index contributed by atoms with van der Waals surface area (Å²) >= 11 is 2.80. The summed E-state index contributed by atoms with van der Waals surface area (Å²) in [7, 11) is -15.3. The van der Waals surface area contributed by atoms with Crippen molar-refractivity contribution in [2.75, 3.05) is 32.7 Å².